The molecule has 0 bridgehead atoms. The fourth-order valence-corrected chi connectivity index (χ4v) is 4.78. The Morgan fingerprint density at radius 1 is 0.757 bits per heavy atom. The van der Waals surface area contributed by atoms with Gasteiger partial charge in [-0.25, -0.2) is 9.97 Å². The average Bonchev–Trinajstić information content (AvgIpc) is 2.92. The van der Waals surface area contributed by atoms with Gasteiger partial charge in [0.15, 0.2) is 11.6 Å². The number of nitrogens with one attached hydrogen (secondary N) is 1. The van der Waals surface area contributed by atoms with Crippen LogP contribution in [0.5, 0.6) is 0 Å². The Kier molecular flexibility index (Phi) is 6.96. The molecular weight excluding hydrogens is 477 g/mol. The van der Waals surface area contributed by atoms with E-state index in [1.165, 1.54) is 35.7 Å². The van der Waals surface area contributed by atoms with Gasteiger partial charge in [0, 0.05) is 26.2 Å². The van der Waals surface area contributed by atoms with Crippen molar-refractivity contribution in [3.05, 3.63) is 108 Å². The first kappa shape index (κ1) is 24.6. The first-order chi connectivity index (χ1) is 17.9. The van der Waals surface area contributed by atoms with E-state index >= 15 is 0 Å². The van der Waals surface area contributed by atoms with Crippen molar-refractivity contribution >= 4 is 23.0 Å². The van der Waals surface area contributed by atoms with Crippen LogP contribution in [-0.4, -0.2) is 41.0 Å². The second-order valence-corrected chi connectivity index (χ2v) is 8.87. The normalized spacial score (nSPS) is 14.6. The van der Waals surface area contributed by atoms with Crippen molar-refractivity contribution < 1.29 is 13.2 Å². The van der Waals surface area contributed by atoms with E-state index in [9.17, 15) is 13.2 Å². The van der Waals surface area contributed by atoms with Gasteiger partial charge in [-0.15, -0.1) is 0 Å². The Balaban J connectivity index is 1.35. The van der Waals surface area contributed by atoms with E-state index in [2.05, 4.69) is 73.6 Å². The van der Waals surface area contributed by atoms with Crippen molar-refractivity contribution in [2.24, 2.45) is 0 Å². The number of para-hydroxylation sites is 1. The van der Waals surface area contributed by atoms with Gasteiger partial charge in [0.05, 0.1) is 17.3 Å². The van der Waals surface area contributed by atoms with E-state index in [-0.39, 0.29) is 23.2 Å². The Labute approximate surface area is 213 Å². The smallest absolute Gasteiger partial charge is 0.393 e. The lowest BCUT2D eigenvalue weighted by Gasteiger charge is -2.40. The Morgan fingerprint density at radius 3 is 1.92 bits per heavy atom. The molecule has 3 N–H and O–H groups in total. The van der Waals surface area contributed by atoms with Gasteiger partial charge in [-0.1, -0.05) is 72.8 Å². The number of alkyl halides is 3. The van der Waals surface area contributed by atoms with Gasteiger partial charge in [-0.05, 0) is 23.3 Å². The third-order valence-corrected chi connectivity index (χ3v) is 6.56. The van der Waals surface area contributed by atoms with Crippen molar-refractivity contribution in [1.82, 2.24) is 14.9 Å². The van der Waals surface area contributed by atoms with E-state index in [0.29, 0.717) is 18.9 Å². The predicted molar refractivity (Wildman–Crippen MR) is 140 cm³/mol. The fraction of sp³-hybridized carbons (Fsp3) is 0.214. The molecule has 0 atom stereocenters. The monoisotopic (exact) mass is 504 g/mol. The fourth-order valence-electron chi connectivity index (χ4n) is 4.78. The SMILES string of the molecule is Nc1c(Nc2ccccc2C(F)(F)F)ncnc1N1CCN(C(c2ccccc2)c2ccccc2)CC1. The largest absolute Gasteiger partial charge is 0.418 e. The van der Waals surface area contributed by atoms with Crippen LogP contribution in [0.3, 0.4) is 0 Å². The predicted octanol–water partition coefficient (Wildman–Crippen LogP) is 5.73. The average molecular weight is 505 g/mol. The number of halogens is 3. The summed E-state index contributed by atoms with van der Waals surface area (Å²) in [6, 6.07) is 26.2. The zero-order chi connectivity index (χ0) is 25.8. The zero-order valence-corrected chi connectivity index (χ0v) is 20.1. The van der Waals surface area contributed by atoms with Crippen LogP contribution in [0, 0.1) is 0 Å². The molecule has 0 radical (unpaired) electrons. The third kappa shape index (κ3) is 5.36. The molecular formula is C28H27F3N6. The van der Waals surface area contributed by atoms with Crippen molar-refractivity contribution in [2.45, 2.75) is 12.2 Å². The van der Waals surface area contributed by atoms with Crippen molar-refractivity contribution in [1.29, 1.82) is 0 Å². The number of nitrogens with zero attached hydrogens (tertiary/aromatic N) is 4. The topological polar surface area (TPSA) is 70.3 Å². The number of nitrogen functional groups attached to an aromatic ring is 1. The molecule has 1 aromatic heterocycles. The van der Waals surface area contributed by atoms with Gasteiger partial charge in [0.2, 0.25) is 0 Å². The van der Waals surface area contributed by atoms with Crippen LogP contribution in [0.25, 0.3) is 0 Å². The summed E-state index contributed by atoms with van der Waals surface area (Å²) in [5.74, 6) is 0.660. The minimum absolute atomic E-state index is 0.107. The molecule has 2 heterocycles. The lowest BCUT2D eigenvalue weighted by Crippen LogP contribution is -2.48. The van der Waals surface area contributed by atoms with Gasteiger partial charge in [-0.2, -0.15) is 13.2 Å². The van der Waals surface area contributed by atoms with Crippen molar-refractivity contribution in [2.75, 3.05) is 42.1 Å². The van der Waals surface area contributed by atoms with E-state index in [1.807, 2.05) is 12.1 Å². The number of piperazine rings is 1. The Morgan fingerprint density at radius 2 is 1.32 bits per heavy atom. The molecule has 190 valence electrons. The van der Waals surface area contributed by atoms with E-state index in [4.69, 9.17) is 5.73 Å². The molecule has 5 rings (SSSR count). The number of anilines is 4. The van der Waals surface area contributed by atoms with Crippen LogP contribution in [0.2, 0.25) is 0 Å². The highest BCUT2D eigenvalue weighted by atomic mass is 19.4. The molecule has 4 aromatic rings. The number of benzene rings is 3. The summed E-state index contributed by atoms with van der Waals surface area (Å²) in [5, 5.41) is 2.76. The van der Waals surface area contributed by atoms with Crippen LogP contribution in [0.1, 0.15) is 22.7 Å². The van der Waals surface area contributed by atoms with Gasteiger partial charge < -0.3 is 16.0 Å². The molecule has 1 aliphatic rings. The minimum Gasteiger partial charge on any atom is -0.393 e. The summed E-state index contributed by atoms with van der Waals surface area (Å²) in [4.78, 5) is 13.0. The molecule has 1 saturated heterocycles. The van der Waals surface area contributed by atoms with E-state index in [0.717, 1.165) is 19.2 Å². The van der Waals surface area contributed by atoms with Crippen molar-refractivity contribution in [3.63, 3.8) is 0 Å². The highest BCUT2D eigenvalue weighted by Crippen LogP contribution is 2.38. The molecule has 1 fully saturated rings. The molecule has 37 heavy (non-hydrogen) atoms. The van der Waals surface area contributed by atoms with Crippen LogP contribution < -0.4 is 16.0 Å². The first-order valence-corrected chi connectivity index (χ1v) is 12.0. The number of aromatic nitrogens is 2. The molecule has 0 aliphatic carbocycles. The molecule has 0 amide bonds. The Bertz CT molecular complexity index is 1280. The molecule has 9 heteroatoms. The summed E-state index contributed by atoms with van der Waals surface area (Å²) < 4.78 is 40.4. The maximum Gasteiger partial charge on any atom is 0.418 e. The molecule has 0 spiro atoms. The third-order valence-electron chi connectivity index (χ3n) is 6.56. The quantitative estimate of drug-likeness (QED) is 0.349. The zero-order valence-electron chi connectivity index (χ0n) is 20.1. The van der Waals surface area contributed by atoms with E-state index < -0.39 is 11.7 Å². The first-order valence-electron chi connectivity index (χ1n) is 12.0. The number of hydrogen-bond donors (Lipinski definition) is 2. The van der Waals surface area contributed by atoms with E-state index in [1.54, 1.807) is 0 Å². The van der Waals surface area contributed by atoms with Gasteiger partial charge in [0.1, 0.15) is 12.0 Å². The van der Waals surface area contributed by atoms with Gasteiger partial charge >= 0.3 is 6.18 Å². The molecule has 3 aromatic carbocycles. The summed E-state index contributed by atoms with van der Waals surface area (Å²) in [6.07, 6.45) is -3.17. The van der Waals surface area contributed by atoms with Crippen LogP contribution in [0.4, 0.5) is 36.2 Å². The van der Waals surface area contributed by atoms with Crippen LogP contribution in [0.15, 0.2) is 91.3 Å². The van der Waals surface area contributed by atoms with Crippen LogP contribution >= 0.6 is 0 Å². The standard InChI is InChI=1S/C28H27F3N6/c29-28(30,31)22-13-7-8-14-23(22)35-26-24(32)27(34-19-33-26)37-17-15-36(16-18-37)25(20-9-3-1-4-10-20)21-11-5-2-6-12-21/h1-14,19,25H,15-18,32H2,(H,33,34,35). The summed E-state index contributed by atoms with van der Waals surface area (Å²) >= 11 is 0. The number of hydrogen-bond acceptors (Lipinski definition) is 6. The summed E-state index contributed by atoms with van der Waals surface area (Å²) in [6.45, 7) is 2.85. The van der Waals surface area contributed by atoms with Gasteiger partial charge in [0.25, 0.3) is 0 Å². The molecule has 0 unspecified atom stereocenters. The number of rotatable bonds is 6. The molecule has 0 saturated carbocycles. The van der Waals surface area contributed by atoms with Crippen LogP contribution in [-0.2, 0) is 6.18 Å². The van der Waals surface area contributed by atoms with Crippen molar-refractivity contribution in [3.8, 4) is 0 Å². The Hall–Kier alpha value is -4.11. The number of nitrogens with two attached hydrogens (primary N) is 1. The highest BCUT2D eigenvalue weighted by molar-refractivity contribution is 5.79. The summed E-state index contributed by atoms with van der Waals surface area (Å²) in [7, 11) is 0. The maximum absolute atomic E-state index is 13.5. The second-order valence-electron chi connectivity index (χ2n) is 8.87. The lowest BCUT2D eigenvalue weighted by molar-refractivity contribution is -0.136. The molecule has 1 aliphatic heterocycles. The second kappa shape index (κ2) is 10.5. The highest BCUT2D eigenvalue weighted by Gasteiger charge is 2.34. The van der Waals surface area contributed by atoms with Gasteiger partial charge in [-0.3, -0.25) is 4.90 Å². The lowest BCUT2D eigenvalue weighted by atomic mass is 9.96. The maximum atomic E-state index is 13.5. The minimum atomic E-state index is -4.50. The summed E-state index contributed by atoms with van der Waals surface area (Å²) in [5.41, 5.74) is 8.15. The molecule has 6 nitrogen and oxygen atoms in total.